The molecule has 3 aromatic rings. The van der Waals surface area contributed by atoms with Crippen LogP contribution in [-0.2, 0) is 11.0 Å². The Kier molecular flexibility index (Phi) is 6.17. The minimum absolute atomic E-state index is 0.135. The van der Waals surface area contributed by atoms with Gasteiger partial charge in [-0.3, -0.25) is 9.59 Å². The molecule has 1 atom stereocenters. The van der Waals surface area contributed by atoms with Gasteiger partial charge in [-0.2, -0.15) is 13.2 Å². The van der Waals surface area contributed by atoms with Crippen molar-refractivity contribution in [2.45, 2.75) is 31.9 Å². The summed E-state index contributed by atoms with van der Waals surface area (Å²) in [6.45, 7) is 2.39. The van der Waals surface area contributed by atoms with Gasteiger partial charge in [-0.25, -0.2) is 0 Å². The van der Waals surface area contributed by atoms with E-state index < -0.39 is 11.7 Å². The second-order valence-electron chi connectivity index (χ2n) is 7.87. The highest BCUT2D eigenvalue weighted by atomic mass is 19.4. The monoisotopic (exact) mass is 458 g/mol. The standard InChI is InChI=1S/C23H21F3N4O3/c1-14(31)27-19-10-6-16(7-11-19)22(32)30-12-2-3-17(13-30)21-29-28-20(33-21)15-4-8-18(9-5-15)23(24,25)26/h4-11,17H,2-3,12-13H2,1H3,(H,27,31). The van der Waals surface area contributed by atoms with Gasteiger partial charge in [0.05, 0.1) is 11.5 Å². The molecule has 0 saturated carbocycles. The molecule has 1 aliphatic rings. The van der Waals surface area contributed by atoms with Gasteiger partial charge < -0.3 is 14.6 Å². The average molecular weight is 458 g/mol. The Morgan fingerprint density at radius 3 is 2.39 bits per heavy atom. The lowest BCUT2D eigenvalue weighted by atomic mass is 9.97. The Balaban J connectivity index is 1.44. The van der Waals surface area contributed by atoms with E-state index in [1.165, 1.54) is 19.1 Å². The van der Waals surface area contributed by atoms with Crippen LogP contribution in [0.2, 0.25) is 0 Å². The minimum atomic E-state index is -4.42. The van der Waals surface area contributed by atoms with Crippen molar-refractivity contribution in [2.24, 2.45) is 0 Å². The number of anilines is 1. The van der Waals surface area contributed by atoms with E-state index in [4.69, 9.17) is 4.42 Å². The highest BCUT2D eigenvalue weighted by Crippen LogP contribution is 2.32. The summed E-state index contributed by atoms with van der Waals surface area (Å²) < 4.78 is 44.0. The van der Waals surface area contributed by atoms with E-state index in [1.807, 2.05) is 0 Å². The third-order valence-electron chi connectivity index (χ3n) is 5.41. The molecule has 0 bridgehead atoms. The SMILES string of the molecule is CC(=O)Nc1ccc(C(=O)N2CCCC(c3nnc(-c4ccc(C(F)(F)F)cc4)o3)C2)cc1. The highest BCUT2D eigenvalue weighted by Gasteiger charge is 2.31. The number of benzene rings is 2. The molecule has 0 aliphatic carbocycles. The second-order valence-corrected chi connectivity index (χ2v) is 7.87. The summed E-state index contributed by atoms with van der Waals surface area (Å²) in [6, 6.07) is 11.2. The fourth-order valence-corrected chi connectivity index (χ4v) is 3.76. The molecule has 7 nitrogen and oxygen atoms in total. The number of rotatable bonds is 4. The number of nitrogens with zero attached hydrogens (tertiary/aromatic N) is 3. The van der Waals surface area contributed by atoms with E-state index in [2.05, 4.69) is 15.5 Å². The van der Waals surface area contributed by atoms with Crippen LogP contribution in [0.1, 0.15) is 47.5 Å². The van der Waals surface area contributed by atoms with Crippen LogP contribution in [0.5, 0.6) is 0 Å². The van der Waals surface area contributed by atoms with Crippen molar-refractivity contribution in [3.05, 3.63) is 65.5 Å². The number of halogens is 3. The predicted molar refractivity (Wildman–Crippen MR) is 113 cm³/mol. The van der Waals surface area contributed by atoms with Crippen LogP contribution < -0.4 is 5.32 Å². The van der Waals surface area contributed by atoms with Crippen LogP contribution in [0.3, 0.4) is 0 Å². The summed E-state index contributed by atoms with van der Waals surface area (Å²) in [7, 11) is 0. The number of hydrogen-bond acceptors (Lipinski definition) is 5. The Bertz CT molecular complexity index is 1140. The Morgan fingerprint density at radius 2 is 1.76 bits per heavy atom. The number of aromatic nitrogens is 2. The third kappa shape index (κ3) is 5.21. The van der Waals surface area contributed by atoms with E-state index in [9.17, 15) is 22.8 Å². The molecule has 0 spiro atoms. The summed E-state index contributed by atoms with van der Waals surface area (Å²) >= 11 is 0. The molecule has 10 heteroatoms. The molecule has 2 amide bonds. The normalized spacial score (nSPS) is 16.5. The Labute approximate surface area is 187 Å². The van der Waals surface area contributed by atoms with Crippen LogP contribution in [0.4, 0.5) is 18.9 Å². The molecule has 172 valence electrons. The summed E-state index contributed by atoms with van der Waals surface area (Å²) in [4.78, 5) is 25.8. The van der Waals surface area contributed by atoms with Gasteiger partial charge in [-0.05, 0) is 61.4 Å². The van der Waals surface area contributed by atoms with Crippen molar-refractivity contribution >= 4 is 17.5 Å². The fraction of sp³-hybridized carbons (Fsp3) is 0.304. The molecule has 4 rings (SSSR count). The van der Waals surface area contributed by atoms with Gasteiger partial charge in [0.1, 0.15) is 0 Å². The Hall–Kier alpha value is -3.69. The molecule has 1 N–H and O–H groups in total. The van der Waals surface area contributed by atoms with Gasteiger partial charge in [0.15, 0.2) is 0 Å². The second kappa shape index (κ2) is 9.05. The molecule has 33 heavy (non-hydrogen) atoms. The zero-order chi connectivity index (χ0) is 23.6. The number of carbonyl (C=O) groups is 2. The van der Waals surface area contributed by atoms with Crippen LogP contribution in [0, 0.1) is 0 Å². The number of alkyl halides is 3. The molecule has 1 saturated heterocycles. The minimum Gasteiger partial charge on any atom is -0.420 e. The number of amides is 2. The van der Waals surface area contributed by atoms with Gasteiger partial charge in [-0.1, -0.05) is 0 Å². The smallest absolute Gasteiger partial charge is 0.416 e. The molecule has 1 aromatic heterocycles. The molecule has 2 aromatic carbocycles. The maximum absolute atomic E-state index is 12.9. The first-order valence-electron chi connectivity index (χ1n) is 10.4. The number of hydrogen-bond donors (Lipinski definition) is 1. The van der Waals surface area contributed by atoms with E-state index >= 15 is 0 Å². The maximum atomic E-state index is 12.9. The summed E-state index contributed by atoms with van der Waals surface area (Å²) in [6.07, 6.45) is -2.92. The summed E-state index contributed by atoms with van der Waals surface area (Å²) in [5, 5.41) is 10.7. The van der Waals surface area contributed by atoms with Crippen molar-refractivity contribution in [1.29, 1.82) is 0 Å². The average Bonchev–Trinajstić information content (AvgIpc) is 3.29. The van der Waals surface area contributed by atoms with E-state index in [0.29, 0.717) is 35.8 Å². The molecule has 0 radical (unpaired) electrons. The zero-order valence-electron chi connectivity index (χ0n) is 17.7. The van der Waals surface area contributed by atoms with Gasteiger partial charge in [0.25, 0.3) is 5.91 Å². The van der Waals surface area contributed by atoms with Crippen molar-refractivity contribution in [1.82, 2.24) is 15.1 Å². The Morgan fingerprint density at radius 1 is 1.06 bits per heavy atom. The molecule has 1 aliphatic heterocycles. The van der Waals surface area contributed by atoms with Gasteiger partial charge in [-0.15, -0.1) is 10.2 Å². The lowest BCUT2D eigenvalue weighted by Gasteiger charge is -2.31. The van der Waals surface area contributed by atoms with Crippen LogP contribution in [0.15, 0.2) is 52.9 Å². The van der Waals surface area contributed by atoms with Gasteiger partial charge >= 0.3 is 6.18 Å². The van der Waals surface area contributed by atoms with E-state index in [-0.39, 0.29) is 23.6 Å². The first kappa shape index (κ1) is 22.5. The molecular formula is C23H21F3N4O3. The number of nitrogens with one attached hydrogen (secondary N) is 1. The lowest BCUT2D eigenvalue weighted by molar-refractivity contribution is -0.137. The topological polar surface area (TPSA) is 88.3 Å². The first-order chi connectivity index (χ1) is 15.7. The van der Waals surface area contributed by atoms with Crippen molar-refractivity contribution in [3.63, 3.8) is 0 Å². The first-order valence-corrected chi connectivity index (χ1v) is 10.4. The molecule has 1 fully saturated rings. The van der Waals surface area contributed by atoms with Crippen LogP contribution >= 0.6 is 0 Å². The molecule has 1 unspecified atom stereocenters. The maximum Gasteiger partial charge on any atom is 0.416 e. The predicted octanol–water partition coefficient (Wildman–Crippen LogP) is 4.73. The van der Waals surface area contributed by atoms with Crippen molar-refractivity contribution < 1.29 is 27.2 Å². The fourth-order valence-electron chi connectivity index (χ4n) is 3.76. The molecular weight excluding hydrogens is 437 g/mol. The van der Waals surface area contributed by atoms with Gasteiger partial charge in [0.2, 0.25) is 17.7 Å². The van der Waals surface area contributed by atoms with Crippen molar-refractivity contribution in [3.8, 4) is 11.5 Å². The van der Waals surface area contributed by atoms with Gasteiger partial charge in [0, 0.05) is 36.8 Å². The highest BCUT2D eigenvalue weighted by molar-refractivity contribution is 5.95. The van der Waals surface area contributed by atoms with E-state index in [1.54, 1.807) is 29.2 Å². The number of carbonyl (C=O) groups excluding carboxylic acids is 2. The number of likely N-dealkylation sites (tertiary alicyclic amines) is 1. The van der Waals surface area contributed by atoms with Crippen LogP contribution in [-0.4, -0.2) is 40.0 Å². The molecule has 2 heterocycles. The van der Waals surface area contributed by atoms with Crippen molar-refractivity contribution in [2.75, 3.05) is 18.4 Å². The quantitative estimate of drug-likeness (QED) is 0.611. The zero-order valence-corrected chi connectivity index (χ0v) is 17.7. The lowest BCUT2D eigenvalue weighted by Crippen LogP contribution is -2.39. The van der Waals surface area contributed by atoms with E-state index in [0.717, 1.165) is 25.0 Å². The summed E-state index contributed by atoms with van der Waals surface area (Å²) in [5.74, 6) is -0.0177. The number of piperidine rings is 1. The summed E-state index contributed by atoms with van der Waals surface area (Å²) in [5.41, 5.74) is 0.750. The van der Waals surface area contributed by atoms with Crippen LogP contribution in [0.25, 0.3) is 11.5 Å². The third-order valence-corrected chi connectivity index (χ3v) is 5.41. The largest absolute Gasteiger partial charge is 0.420 e.